The van der Waals surface area contributed by atoms with Gasteiger partial charge in [0.25, 0.3) is 0 Å². The Balaban J connectivity index is 1.47. The van der Waals surface area contributed by atoms with E-state index in [9.17, 15) is 4.79 Å². The number of guanidine groups is 1. The Morgan fingerprint density at radius 2 is 2.03 bits per heavy atom. The zero-order chi connectivity index (χ0) is 23.9. The molecule has 5 rings (SSSR count). The first-order chi connectivity index (χ1) is 16.4. The van der Waals surface area contributed by atoms with E-state index in [-0.39, 0.29) is 30.4 Å². The van der Waals surface area contributed by atoms with E-state index in [1.54, 1.807) is 28.2 Å². The van der Waals surface area contributed by atoms with E-state index in [2.05, 4.69) is 15.3 Å². The molecule has 2 aromatic heterocycles. The van der Waals surface area contributed by atoms with Crippen LogP contribution in [0.25, 0.3) is 16.9 Å². The molecule has 34 heavy (non-hydrogen) atoms. The Bertz CT molecular complexity index is 1250. The van der Waals surface area contributed by atoms with Crippen molar-refractivity contribution in [2.75, 3.05) is 6.61 Å². The molecule has 0 spiro atoms. The summed E-state index contributed by atoms with van der Waals surface area (Å²) in [6, 6.07) is 9.32. The summed E-state index contributed by atoms with van der Waals surface area (Å²) in [5.41, 5.74) is 8.37. The number of aliphatic imine (C=N–C) groups is 1. The van der Waals surface area contributed by atoms with Gasteiger partial charge in [0, 0.05) is 30.6 Å². The van der Waals surface area contributed by atoms with E-state index >= 15 is 0 Å². The molecule has 0 aliphatic carbocycles. The molecule has 2 aliphatic rings. The number of amides is 1. The van der Waals surface area contributed by atoms with Gasteiger partial charge in [0.1, 0.15) is 5.69 Å². The molecule has 0 bridgehead atoms. The second-order valence-electron chi connectivity index (χ2n) is 8.96. The number of hydrogen-bond acceptors (Lipinski definition) is 7. The summed E-state index contributed by atoms with van der Waals surface area (Å²) >= 11 is 6.88. The SMILES string of the molecule is C[C@H]1C[C@@H](N2C(=O)C[C@@](C)(c3cccc(-c4cn(-c5ccncc5)nn4)c3Cl)N=C2N)CCO1. The van der Waals surface area contributed by atoms with Gasteiger partial charge in [0.2, 0.25) is 5.91 Å². The summed E-state index contributed by atoms with van der Waals surface area (Å²) in [7, 11) is 0. The Morgan fingerprint density at radius 3 is 2.76 bits per heavy atom. The second-order valence-corrected chi connectivity index (χ2v) is 9.34. The molecular weight excluding hydrogens is 454 g/mol. The summed E-state index contributed by atoms with van der Waals surface area (Å²) in [4.78, 5) is 23.7. The van der Waals surface area contributed by atoms with Crippen molar-refractivity contribution in [1.29, 1.82) is 0 Å². The zero-order valence-electron chi connectivity index (χ0n) is 19.1. The predicted molar refractivity (Wildman–Crippen MR) is 128 cm³/mol. The second kappa shape index (κ2) is 8.81. The topological polar surface area (TPSA) is 112 Å². The number of benzene rings is 1. The minimum Gasteiger partial charge on any atom is -0.378 e. The quantitative estimate of drug-likeness (QED) is 0.614. The van der Waals surface area contributed by atoms with Crippen molar-refractivity contribution in [3.05, 3.63) is 59.5 Å². The van der Waals surface area contributed by atoms with Crippen molar-refractivity contribution in [2.24, 2.45) is 10.7 Å². The maximum atomic E-state index is 13.3. The molecule has 1 saturated heterocycles. The van der Waals surface area contributed by atoms with Crippen LogP contribution in [0, 0.1) is 0 Å². The zero-order valence-corrected chi connectivity index (χ0v) is 19.8. The van der Waals surface area contributed by atoms with Gasteiger partial charge in [0.05, 0.1) is 35.0 Å². The number of nitrogens with zero attached hydrogens (tertiary/aromatic N) is 6. The van der Waals surface area contributed by atoms with Crippen molar-refractivity contribution in [3.8, 4) is 16.9 Å². The Labute approximate surface area is 202 Å². The van der Waals surface area contributed by atoms with Crippen LogP contribution >= 0.6 is 11.6 Å². The molecular formula is C24H26ClN7O2. The Morgan fingerprint density at radius 1 is 1.24 bits per heavy atom. The van der Waals surface area contributed by atoms with Crippen LogP contribution in [0.3, 0.4) is 0 Å². The van der Waals surface area contributed by atoms with Crippen LogP contribution in [0.4, 0.5) is 0 Å². The molecule has 1 fully saturated rings. The molecule has 1 aromatic carbocycles. The van der Waals surface area contributed by atoms with Crippen LogP contribution in [0.5, 0.6) is 0 Å². The van der Waals surface area contributed by atoms with Crippen molar-refractivity contribution >= 4 is 23.5 Å². The van der Waals surface area contributed by atoms with Gasteiger partial charge < -0.3 is 10.5 Å². The fourth-order valence-corrected chi connectivity index (χ4v) is 5.19. The number of pyridine rings is 1. The lowest BCUT2D eigenvalue weighted by Crippen LogP contribution is -2.56. The number of nitrogens with two attached hydrogens (primary N) is 1. The first-order valence-corrected chi connectivity index (χ1v) is 11.6. The lowest BCUT2D eigenvalue weighted by molar-refractivity contribution is -0.133. The molecule has 1 amide bonds. The normalized spacial score (nSPS) is 25.3. The van der Waals surface area contributed by atoms with E-state index < -0.39 is 5.54 Å². The summed E-state index contributed by atoms with van der Waals surface area (Å²) in [6.07, 6.45) is 6.93. The third-order valence-corrected chi connectivity index (χ3v) is 6.88. The fraction of sp³-hybridized carbons (Fsp3) is 0.375. The van der Waals surface area contributed by atoms with E-state index in [0.29, 0.717) is 22.9 Å². The summed E-state index contributed by atoms with van der Waals surface area (Å²) in [5.74, 6) is 0.169. The predicted octanol–water partition coefficient (Wildman–Crippen LogP) is 3.31. The van der Waals surface area contributed by atoms with E-state index in [1.807, 2.05) is 44.2 Å². The number of aromatic nitrogens is 4. The third-order valence-electron chi connectivity index (χ3n) is 6.47. The molecule has 9 nitrogen and oxygen atoms in total. The molecule has 0 radical (unpaired) electrons. The Hall–Kier alpha value is -3.30. The number of halogens is 1. The summed E-state index contributed by atoms with van der Waals surface area (Å²) in [6.45, 7) is 4.50. The average molecular weight is 480 g/mol. The third kappa shape index (κ3) is 4.05. The number of carbonyl (C=O) groups excluding carboxylic acids is 1. The van der Waals surface area contributed by atoms with Crippen LogP contribution < -0.4 is 5.73 Å². The average Bonchev–Trinajstić information content (AvgIpc) is 3.29. The molecule has 0 unspecified atom stereocenters. The number of ether oxygens (including phenoxy) is 1. The number of hydrogen-bond donors (Lipinski definition) is 1. The van der Waals surface area contributed by atoms with Gasteiger partial charge in [0.15, 0.2) is 5.96 Å². The van der Waals surface area contributed by atoms with Gasteiger partial charge in [-0.2, -0.15) is 0 Å². The van der Waals surface area contributed by atoms with E-state index in [0.717, 1.165) is 24.1 Å². The van der Waals surface area contributed by atoms with Gasteiger partial charge in [-0.05, 0) is 44.4 Å². The maximum absolute atomic E-state index is 13.3. The first kappa shape index (κ1) is 22.5. The molecule has 2 N–H and O–H groups in total. The van der Waals surface area contributed by atoms with E-state index in [4.69, 9.17) is 27.1 Å². The van der Waals surface area contributed by atoms with Crippen molar-refractivity contribution < 1.29 is 9.53 Å². The highest BCUT2D eigenvalue weighted by molar-refractivity contribution is 6.34. The molecule has 0 saturated carbocycles. The Kier molecular flexibility index (Phi) is 5.83. The molecule has 4 heterocycles. The molecule has 10 heteroatoms. The minimum absolute atomic E-state index is 0.00502. The van der Waals surface area contributed by atoms with Gasteiger partial charge in [-0.3, -0.25) is 14.7 Å². The smallest absolute Gasteiger partial charge is 0.232 e. The van der Waals surface area contributed by atoms with Gasteiger partial charge >= 0.3 is 0 Å². The maximum Gasteiger partial charge on any atom is 0.232 e. The minimum atomic E-state index is -0.886. The van der Waals surface area contributed by atoms with Crippen LogP contribution in [0.15, 0.2) is 53.9 Å². The molecule has 176 valence electrons. The number of rotatable bonds is 4. The van der Waals surface area contributed by atoms with Crippen LogP contribution in [-0.4, -0.2) is 55.5 Å². The van der Waals surface area contributed by atoms with E-state index in [1.165, 1.54) is 0 Å². The van der Waals surface area contributed by atoms with Gasteiger partial charge in [-0.1, -0.05) is 35.0 Å². The monoisotopic (exact) mass is 479 g/mol. The first-order valence-electron chi connectivity index (χ1n) is 11.3. The molecule has 3 atom stereocenters. The van der Waals surface area contributed by atoms with Crippen LogP contribution in [0.2, 0.25) is 5.02 Å². The van der Waals surface area contributed by atoms with Gasteiger partial charge in [-0.15, -0.1) is 5.10 Å². The lowest BCUT2D eigenvalue weighted by Gasteiger charge is -2.41. The van der Waals surface area contributed by atoms with Crippen molar-refractivity contribution in [2.45, 2.75) is 50.8 Å². The fourth-order valence-electron chi connectivity index (χ4n) is 4.76. The van der Waals surface area contributed by atoms with Crippen molar-refractivity contribution in [1.82, 2.24) is 24.9 Å². The highest BCUT2D eigenvalue weighted by Gasteiger charge is 2.42. The van der Waals surface area contributed by atoms with Crippen LogP contribution in [-0.2, 0) is 15.1 Å². The van der Waals surface area contributed by atoms with Gasteiger partial charge in [-0.25, -0.2) is 9.67 Å². The summed E-state index contributed by atoms with van der Waals surface area (Å²) in [5, 5.41) is 9.00. The highest BCUT2D eigenvalue weighted by Crippen LogP contribution is 2.41. The van der Waals surface area contributed by atoms with Crippen molar-refractivity contribution in [3.63, 3.8) is 0 Å². The molecule has 2 aliphatic heterocycles. The highest BCUT2D eigenvalue weighted by atomic mass is 35.5. The number of carbonyl (C=O) groups is 1. The largest absolute Gasteiger partial charge is 0.378 e. The standard InChI is InChI=1S/C24H26ClN7O2/c1-15-12-17(8-11-34-15)32-21(33)13-24(2,28-23(32)26)19-5-3-4-18(22(19)25)20-14-31(30-29-20)16-6-9-27-10-7-16/h3-7,9-10,14-15,17H,8,11-13H2,1-2H3,(H2,26,28)/t15-,17-,24-/m0/s1. The van der Waals surface area contributed by atoms with Crippen LogP contribution in [0.1, 0.15) is 38.7 Å². The lowest BCUT2D eigenvalue weighted by atomic mass is 9.85. The molecule has 3 aromatic rings. The summed E-state index contributed by atoms with van der Waals surface area (Å²) < 4.78 is 7.29.